The number of carbonyl (C=O) groups excluding carboxylic acids is 3. The fourth-order valence-electron chi connectivity index (χ4n) is 2.86. The van der Waals surface area contributed by atoms with E-state index in [9.17, 15) is 24.5 Å². The molecular weight excluding hydrogens is 380 g/mol. The summed E-state index contributed by atoms with van der Waals surface area (Å²) in [5.74, 6) is -1.54. The summed E-state index contributed by atoms with van der Waals surface area (Å²) in [4.78, 5) is 52.0. The number of carbonyl (C=O) groups is 3. The summed E-state index contributed by atoms with van der Waals surface area (Å²) in [6.45, 7) is 4.08. The molecule has 1 N–H and O–H groups in total. The first-order valence-electron chi connectivity index (χ1n) is 8.66. The van der Waals surface area contributed by atoms with E-state index in [0.717, 1.165) is 4.90 Å². The molecule has 0 saturated carbocycles. The highest BCUT2D eigenvalue weighted by Gasteiger charge is 2.45. The van der Waals surface area contributed by atoms with Crippen molar-refractivity contribution in [2.24, 2.45) is 0 Å². The number of pyridine rings is 1. The summed E-state index contributed by atoms with van der Waals surface area (Å²) >= 11 is 0. The first-order chi connectivity index (χ1) is 13.6. The van der Waals surface area contributed by atoms with Crippen LogP contribution in [-0.2, 0) is 9.59 Å². The van der Waals surface area contributed by atoms with Gasteiger partial charge in [-0.15, -0.1) is 0 Å². The summed E-state index contributed by atoms with van der Waals surface area (Å²) in [7, 11) is 0. The van der Waals surface area contributed by atoms with Crippen LogP contribution in [0.25, 0.3) is 0 Å². The van der Waals surface area contributed by atoms with E-state index >= 15 is 0 Å². The molecule has 10 nitrogen and oxygen atoms in total. The molecule has 0 radical (unpaired) electrons. The van der Waals surface area contributed by atoms with Crippen LogP contribution >= 0.6 is 0 Å². The molecule has 1 aromatic heterocycles. The predicted octanol–water partition coefficient (Wildman–Crippen LogP) is 2.34. The Balaban J connectivity index is 1.91. The molecule has 29 heavy (non-hydrogen) atoms. The Morgan fingerprint density at radius 2 is 1.86 bits per heavy atom. The molecule has 0 aliphatic carbocycles. The topological polar surface area (TPSA) is 132 Å². The average molecular weight is 398 g/mol. The van der Waals surface area contributed by atoms with Gasteiger partial charge in [0.05, 0.1) is 6.54 Å². The smallest absolute Gasteiger partial charge is 0.366 e. The van der Waals surface area contributed by atoms with E-state index in [2.05, 4.69) is 10.3 Å². The van der Waals surface area contributed by atoms with Crippen molar-refractivity contribution in [1.29, 1.82) is 0 Å². The first kappa shape index (κ1) is 19.9. The number of hydrogen-bond acceptors (Lipinski definition) is 7. The van der Waals surface area contributed by atoms with E-state index < -0.39 is 28.0 Å². The van der Waals surface area contributed by atoms with Crippen LogP contribution in [0.5, 0.6) is 5.75 Å². The van der Waals surface area contributed by atoms with Crippen molar-refractivity contribution < 1.29 is 24.0 Å². The molecule has 2 amide bonds. The maximum Gasteiger partial charge on any atom is 0.366 e. The number of benzene rings is 1. The lowest BCUT2D eigenvalue weighted by Gasteiger charge is -2.35. The van der Waals surface area contributed by atoms with Crippen LogP contribution in [-0.4, -0.2) is 39.7 Å². The van der Waals surface area contributed by atoms with E-state index in [1.54, 1.807) is 26.0 Å². The number of nitrogens with one attached hydrogen (secondary N) is 1. The molecule has 0 unspecified atom stereocenters. The molecule has 150 valence electrons. The zero-order valence-corrected chi connectivity index (χ0v) is 16.0. The van der Waals surface area contributed by atoms with Gasteiger partial charge in [-0.1, -0.05) is 0 Å². The number of nitrogens with zero attached hydrogens (tertiary/aromatic N) is 3. The number of rotatable bonds is 5. The van der Waals surface area contributed by atoms with Gasteiger partial charge < -0.3 is 20.2 Å². The highest BCUT2D eigenvalue weighted by molar-refractivity contribution is 6.09. The number of Topliss-reactive ketones (excluding diaryl/α,β-unsaturated/α-hetero) is 1. The molecule has 0 saturated heterocycles. The molecular formula is C19H18N4O6. The van der Waals surface area contributed by atoms with E-state index in [1.165, 1.54) is 31.2 Å². The van der Waals surface area contributed by atoms with Crippen molar-refractivity contribution in [3.8, 4) is 5.75 Å². The van der Waals surface area contributed by atoms with E-state index in [1.807, 2.05) is 0 Å². The lowest BCUT2D eigenvalue weighted by molar-refractivity contribution is -0.389. The van der Waals surface area contributed by atoms with Gasteiger partial charge in [-0.3, -0.25) is 19.3 Å². The Morgan fingerprint density at radius 3 is 2.45 bits per heavy atom. The van der Waals surface area contributed by atoms with Crippen LogP contribution in [0.4, 0.5) is 17.3 Å². The zero-order chi connectivity index (χ0) is 21.3. The molecule has 0 fully saturated rings. The Hall–Kier alpha value is -3.82. The normalized spacial score (nSPS) is 14.6. The average Bonchev–Trinajstić information content (AvgIpc) is 2.64. The number of hydrogen-bond donors (Lipinski definition) is 1. The molecule has 1 aliphatic heterocycles. The molecule has 1 aromatic carbocycles. The minimum absolute atomic E-state index is 0.0771. The summed E-state index contributed by atoms with van der Waals surface area (Å²) in [5, 5.41) is 13.7. The van der Waals surface area contributed by atoms with Crippen molar-refractivity contribution in [3.05, 3.63) is 52.1 Å². The largest absolute Gasteiger partial charge is 0.472 e. The van der Waals surface area contributed by atoms with Gasteiger partial charge in [-0.2, -0.15) is 0 Å². The van der Waals surface area contributed by atoms with Gasteiger partial charge in [0.2, 0.25) is 5.91 Å². The molecule has 10 heteroatoms. The molecule has 0 bridgehead atoms. The fraction of sp³-hybridized carbons (Fsp3) is 0.263. The standard InChI is InChI=1S/C19H18N4O6/c1-11(24)20-13-6-4-12(5-7-13)14(25)10-22-17-15(29-19(2,3)18(22)26)8-9-16(21-17)23(27)28/h4-9H,10H2,1-3H3,(H,20,24). The number of nitro groups is 1. The first-order valence-corrected chi connectivity index (χ1v) is 8.66. The lowest BCUT2D eigenvalue weighted by atomic mass is 10.0. The molecule has 2 aromatic rings. The van der Waals surface area contributed by atoms with Gasteiger partial charge in [0.15, 0.2) is 17.1 Å². The highest BCUT2D eigenvalue weighted by atomic mass is 16.6. The Labute approximate surface area is 165 Å². The third kappa shape index (κ3) is 4.05. The number of anilines is 2. The second-order valence-electron chi connectivity index (χ2n) is 6.93. The fourth-order valence-corrected chi connectivity index (χ4v) is 2.86. The van der Waals surface area contributed by atoms with Gasteiger partial charge in [0.1, 0.15) is 0 Å². The van der Waals surface area contributed by atoms with Crippen molar-refractivity contribution in [2.45, 2.75) is 26.4 Å². The van der Waals surface area contributed by atoms with Gasteiger partial charge in [-0.05, 0) is 54.1 Å². The van der Waals surface area contributed by atoms with Crippen molar-refractivity contribution in [2.75, 3.05) is 16.8 Å². The predicted molar refractivity (Wildman–Crippen MR) is 103 cm³/mol. The van der Waals surface area contributed by atoms with Crippen LogP contribution in [0.15, 0.2) is 36.4 Å². The lowest BCUT2D eigenvalue weighted by Crippen LogP contribution is -2.54. The van der Waals surface area contributed by atoms with E-state index in [-0.39, 0.29) is 24.0 Å². The summed E-state index contributed by atoms with van der Waals surface area (Å²) in [6, 6.07) is 8.70. The van der Waals surface area contributed by atoms with Gasteiger partial charge in [0.25, 0.3) is 11.7 Å². The maximum atomic E-state index is 12.8. The Kier molecular flexibility index (Phi) is 5.02. The van der Waals surface area contributed by atoms with E-state index in [4.69, 9.17) is 4.74 Å². The third-order valence-electron chi connectivity index (χ3n) is 4.22. The number of fused-ring (bicyclic) bond motifs is 1. The van der Waals surface area contributed by atoms with Crippen molar-refractivity contribution in [1.82, 2.24) is 4.98 Å². The van der Waals surface area contributed by atoms with Crippen molar-refractivity contribution in [3.63, 3.8) is 0 Å². The monoisotopic (exact) mass is 398 g/mol. The number of amides is 2. The second-order valence-corrected chi connectivity index (χ2v) is 6.93. The quantitative estimate of drug-likeness (QED) is 0.464. The molecule has 1 aliphatic rings. The third-order valence-corrected chi connectivity index (χ3v) is 4.22. The Morgan fingerprint density at radius 1 is 1.21 bits per heavy atom. The summed E-state index contributed by atoms with van der Waals surface area (Å²) < 4.78 is 5.61. The zero-order valence-electron chi connectivity index (χ0n) is 16.0. The van der Waals surface area contributed by atoms with Crippen LogP contribution in [0.2, 0.25) is 0 Å². The summed E-state index contributed by atoms with van der Waals surface area (Å²) in [6.07, 6.45) is 0. The molecule has 0 spiro atoms. The van der Waals surface area contributed by atoms with Crippen LogP contribution in [0, 0.1) is 10.1 Å². The molecule has 0 atom stereocenters. The molecule has 2 heterocycles. The van der Waals surface area contributed by atoms with Crippen molar-refractivity contribution >= 4 is 34.9 Å². The van der Waals surface area contributed by atoms with Gasteiger partial charge in [0, 0.05) is 24.2 Å². The van der Waals surface area contributed by atoms with Crippen LogP contribution < -0.4 is 15.0 Å². The van der Waals surface area contributed by atoms with Crippen LogP contribution in [0.3, 0.4) is 0 Å². The van der Waals surface area contributed by atoms with Crippen LogP contribution in [0.1, 0.15) is 31.1 Å². The summed E-state index contributed by atoms with van der Waals surface area (Å²) in [5.41, 5.74) is -0.427. The number of ketones is 1. The number of aromatic nitrogens is 1. The van der Waals surface area contributed by atoms with Gasteiger partial charge >= 0.3 is 5.82 Å². The van der Waals surface area contributed by atoms with Gasteiger partial charge in [-0.25, -0.2) is 0 Å². The minimum Gasteiger partial charge on any atom is -0.472 e. The SMILES string of the molecule is CC(=O)Nc1ccc(C(=O)CN2C(=O)C(C)(C)Oc3ccc([N+](=O)[O-])nc32)cc1. The maximum absolute atomic E-state index is 12.8. The second kappa shape index (κ2) is 7.30. The Bertz CT molecular complexity index is 1020. The molecule has 3 rings (SSSR count). The minimum atomic E-state index is -1.26. The number of ether oxygens (including phenoxy) is 1. The van der Waals surface area contributed by atoms with E-state index in [0.29, 0.717) is 11.3 Å². The highest BCUT2D eigenvalue weighted by Crippen LogP contribution is 2.37.